The first kappa shape index (κ1) is 12.4. The molecule has 0 saturated carbocycles. The van der Waals surface area contributed by atoms with Gasteiger partial charge in [-0.1, -0.05) is 51.3 Å². The van der Waals surface area contributed by atoms with Gasteiger partial charge in [-0.15, -0.1) is 11.3 Å². The predicted octanol–water partition coefficient (Wildman–Crippen LogP) is 4.87. The summed E-state index contributed by atoms with van der Waals surface area (Å²) >= 11 is 16.7. The van der Waals surface area contributed by atoms with E-state index in [0.717, 1.165) is 15.6 Å². The molecule has 1 unspecified atom stereocenters. The normalized spacial score (nSPS) is 12.8. The Morgan fingerprint density at radius 3 is 2.56 bits per heavy atom. The summed E-state index contributed by atoms with van der Waals surface area (Å²) in [6.07, 6.45) is 0. The van der Waals surface area contributed by atoms with Crippen molar-refractivity contribution in [3.8, 4) is 0 Å². The quantitative estimate of drug-likeness (QED) is 0.832. The van der Waals surface area contributed by atoms with Crippen molar-refractivity contribution < 1.29 is 0 Å². The maximum Gasteiger partial charge on any atom is 0.0995 e. The third kappa shape index (κ3) is 2.60. The number of benzene rings is 1. The van der Waals surface area contributed by atoms with Crippen LogP contribution in [0.15, 0.2) is 34.8 Å². The van der Waals surface area contributed by atoms with E-state index in [-0.39, 0.29) is 6.04 Å². The van der Waals surface area contributed by atoms with Crippen LogP contribution >= 0.6 is 50.5 Å². The van der Waals surface area contributed by atoms with Gasteiger partial charge >= 0.3 is 0 Å². The number of thiophene rings is 1. The average Bonchev–Trinajstić information content (AvgIpc) is 2.57. The topological polar surface area (TPSA) is 26.0 Å². The van der Waals surface area contributed by atoms with Gasteiger partial charge < -0.3 is 5.73 Å². The maximum absolute atomic E-state index is 6.14. The highest BCUT2D eigenvalue weighted by molar-refractivity contribution is 9.10. The van der Waals surface area contributed by atoms with Crippen LogP contribution in [0, 0.1) is 0 Å². The van der Waals surface area contributed by atoms with Crippen LogP contribution in [-0.4, -0.2) is 0 Å². The summed E-state index contributed by atoms with van der Waals surface area (Å²) in [4.78, 5) is 0. The van der Waals surface area contributed by atoms with Crippen LogP contribution in [0.1, 0.15) is 17.2 Å². The highest BCUT2D eigenvalue weighted by Gasteiger charge is 2.15. The van der Waals surface area contributed by atoms with E-state index in [1.165, 1.54) is 11.3 Å². The molecule has 0 fully saturated rings. The summed E-state index contributed by atoms with van der Waals surface area (Å²) < 4.78 is 2.31. The predicted molar refractivity (Wildman–Crippen MR) is 74.5 cm³/mol. The Labute approximate surface area is 116 Å². The standard InChI is InChI=1S/C11H8BrCl2NS/c12-7-3-1-2-6(4-7)10(15)8-5-9(13)16-11(8)14/h1-5,10H,15H2. The minimum absolute atomic E-state index is 0.242. The number of halogens is 3. The van der Waals surface area contributed by atoms with Crippen LogP contribution in [0.2, 0.25) is 8.67 Å². The van der Waals surface area contributed by atoms with E-state index in [9.17, 15) is 0 Å². The Morgan fingerprint density at radius 1 is 1.25 bits per heavy atom. The molecule has 0 aliphatic heterocycles. The molecule has 2 N–H and O–H groups in total. The Kier molecular flexibility index (Phi) is 3.93. The number of hydrogen-bond donors (Lipinski definition) is 1. The molecule has 1 heterocycles. The molecule has 1 atom stereocenters. The summed E-state index contributed by atoms with van der Waals surface area (Å²) in [5.74, 6) is 0. The van der Waals surface area contributed by atoms with Gasteiger partial charge in [0.05, 0.1) is 14.7 Å². The Bertz CT molecular complexity index is 512. The first-order valence-corrected chi connectivity index (χ1v) is 6.90. The Hall–Kier alpha value is -0.0600. The van der Waals surface area contributed by atoms with Crippen LogP contribution in [0.3, 0.4) is 0 Å². The summed E-state index contributed by atoms with van der Waals surface area (Å²) in [6.45, 7) is 0. The van der Waals surface area contributed by atoms with E-state index in [4.69, 9.17) is 28.9 Å². The molecule has 2 rings (SSSR count). The molecule has 1 nitrogen and oxygen atoms in total. The van der Waals surface area contributed by atoms with Crippen molar-refractivity contribution in [3.05, 3.63) is 54.6 Å². The van der Waals surface area contributed by atoms with Crippen molar-refractivity contribution in [2.45, 2.75) is 6.04 Å². The van der Waals surface area contributed by atoms with Gasteiger partial charge in [-0.2, -0.15) is 0 Å². The summed E-state index contributed by atoms with van der Waals surface area (Å²) in [7, 11) is 0. The van der Waals surface area contributed by atoms with Crippen molar-refractivity contribution in [2.24, 2.45) is 5.73 Å². The minimum atomic E-state index is -0.242. The summed E-state index contributed by atoms with van der Waals surface area (Å²) in [5.41, 5.74) is 8.02. The molecule has 0 aliphatic rings. The smallest absolute Gasteiger partial charge is 0.0995 e. The molecule has 1 aromatic heterocycles. The lowest BCUT2D eigenvalue weighted by atomic mass is 10.0. The molecule has 0 saturated heterocycles. The molecular weight excluding hydrogens is 329 g/mol. The van der Waals surface area contributed by atoms with E-state index in [2.05, 4.69) is 15.9 Å². The molecule has 0 bridgehead atoms. The van der Waals surface area contributed by atoms with E-state index in [0.29, 0.717) is 8.67 Å². The fourth-order valence-corrected chi connectivity index (χ4v) is 3.41. The lowest BCUT2D eigenvalue weighted by Crippen LogP contribution is -2.11. The molecule has 0 radical (unpaired) electrons. The van der Waals surface area contributed by atoms with Gasteiger partial charge in [0.15, 0.2) is 0 Å². The van der Waals surface area contributed by atoms with E-state index >= 15 is 0 Å². The monoisotopic (exact) mass is 335 g/mol. The fraction of sp³-hybridized carbons (Fsp3) is 0.0909. The van der Waals surface area contributed by atoms with Gasteiger partial charge in [-0.3, -0.25) is 0 Å². The third-order valence-corrected chi connectivity index (χ3v) is 4.24. The zero-order chi connectivity index (χ0) is 11.7. The molecule has 0 spiro atoms. The van der Waals surface area contributed by atoms with Crippen LogP contribution in [-0.2, 0) is 0 Å². The molecule has 16 heavy (non-hydrogen) atoms. The van der Waals surface area contributed by atoms with Crippen LogP contribution in [0.4, 0.5) is 0 Å². The summed E-state index contributed by atoms with van der Waals surface area (Å²) in [6, 6.07) is 9.43. The largest absolute Gasteiger partial charge is 0.320 e. The van der Waals surface area contributed by atoms with Gasteiger partial charge in [-0.25, -0.2) is 0 Å². The lowest BCUT2D eigenvalue weighted by molar-refractivity contribution is 0.876. The van der Waals surface area contributed by atoms with Crippen molar-refractivity contribution in [1.29, 1.82) is 0 Å². The Balaban J connectivity index is 2.38. The second-order valence-electron chi connectivity index (χ2n) is 3.31. The van der Waals surface area contributed by atoms with Crippen LogP contribution in [0.5, 0.6) is 0 Å². The molecule has 0 aliphatic carbocycles. The number of rotatable bonds is 2. The molecule has 1 aromatic carbocycles. The number of hydrogen-bond acceptors (Lipinski definition) is 2. The van der Waals surface area contributed by atoms with Gasteiger partial charge in [0.25, 0.3) is 0 Å². The second-order valence-corrected chi connectivity index (χ2v) is 6.51. The minimum Gasteiger partial charge on any atom is -0.320 e. The van der Waals surface area contributed by atoms with Crippen molar-refractivity contribution in [2.75, 3.05) is 0 Å². The third-order valence-electron chi connectivity index (χ3n) is 2.23. The van der Waals surface area contributed by atoms with Crippen molar-refractivity contribution >= 4 is 50.5 Å². The van der Waals surface area contributed by atoms with Crippen LogP contribution in [0.25, 0.3) is 0 Å². The van der Waals surface area contributed by atoms with Gasteiger partial charge in [-0.05, 0) is 23.8 Å². The highest BCUT2D eigenvalue weighted by Crippen LogP contribution is 2.36. The molecule has 84 valence electrons. The zero-order valence-electron chi connectivity index (χ0n) is 8.08. The fourth-order valence-electron chi connectivity index (χ4n) is 1.44. The maximum atomic E-state index is 6.14. The van der Waals surface area contributed by atoms with Gasteiger partial charge in [0, 0.05) is 10.0 Å². The second kappa shape index (κ2) is 5.07. The Morgan fingerprint density at radius 2 is 2.00 bits per heavy atom. The molecule has 5 heteroatoms. The molecular formula is C11H8BrCl2NS. The van der Waals surface area contributed by atoms with E-state index in [1.54, 1.807) is 0 Å². The zero-order valence-corrected chi connectivity index (χ0v) is 12.0. The number of nitrogens with two attached hydrogens (primary N) is 1. The van der Waals surface area contributed by atoms with E-state index < -0.39 is 0 Å². The van der Waals surface area contributed by atoms with Crippen LogP contribution < -0.4 is 5.73 Å². The molecule has 0 amide bonds. The van der Waals surface area contributed by atoms with Crippen molar-refractivity contribution in [3.63, 3.8) is 0 Å². The van der Waals surface area contributed by atoms with Gasteiger partial charge in [0.1, 0.15) is 0 Å². The highest BCUT2D eigenvalue weighted by atomic mass is 79.9. The first-order valence-electron chi connectivity index (χ1n) is 4.53. The SMILES string of the molecule is NC(c1cccc(Br)c1)c1cc(Cl)sc1Cl. The first-order chi connectivity index (χ1) is 7.58. The van der Waals surface area contributed by atoms with E-state index in [1.807, 2.05) is 30.3 Å². The van der Waals surface area contributed by atoms with Crippen molar-refractivity contribution in [1.82, 2.24) is 0 Å². The average molecular weight is 337 g/mol. The van der Waals surface area contributed by atoms with Gasteiger partial charge in [0.2, 0.25) is 0 Å². The lowest BCUT2D eigenvalue weighted by Gasteiger charge is -2.11. The summed E-state index contributed by atoms with van der Waals surface area (Å²) in [5, 5.41) is 0. The molecule has 2 aromatic rings.